The molecule has 10 nitrogen and oxygen atoms in total. The predicted octanol–water partition coefficient (Wildman–Crippen LogP) is -0.122. The van der Waals surface area contributed by atoms with E-state index in [1.54, 1.807) is 0 Å². The molecule has 31 heavy (non-hydrogen) atoms. The topological polar surface area (TPSA) is 177 Å². The third-order valence-corrected chi connectivity index (χ3v) is 4.75. The zero-order valence-electron chi connectivity index (χ0n) is 16.1. The van der Waals surface area contributed by atoms with E-state index in [9.17, 15) is 40.5 Å². The van der Waals surface area contributed by atoms with E-state index in [1.807, 2.05) is 0 Å². The van der Waals surface area contributed by atoms with E-state index in [1.165, 1.54) is 36.4 Å². The molecule has 7 N–H and O–H groups in total. The third kappa shape index (κ3) is 4.95. The van der Waals surface area contributed by atoms with Gasteiger partial charge in [-0.25, -0.2) is 0 Å². The monoisotopic (exact) mass is 434 g/mol. The molecule has 0 spiro atoms. The lowest BCUT2D eigenvalue weighted by Gasteiger charge is -2.39. The van der Waals surface area contributed by atoms with Crippen molar-refractivity contribution in [3.8, 4) is 23.0 Å². The number of phenolic OH excluding ortho intramolecular Hbond substituents is 3. The Labute approximate surface area is 176 Å². The van der Waals surface area contributed by atoms with Gasteiger partial charge in [0.15, 0.2) is 17.3 Å². The molecule has 1 aliphatic heterocycles. The Bertz CT molecular complexity index is 971. The van der Waals surface area contributed by atoms with Crippen molar-refractivity contribution in [1.29, 1.82) is 0 Å². The zero-order valence-corrected chi connectivity index (χ0v) is 16.1. The molecule has 0 unspecified atom stereocenters. The van der Waals surface area contributed by atoms with Crippen molar-refractivity contribution in [3.63, 3.8) is 0 Å². The van der Waals surface area contributed by atoms with Crippen molar-refractivity contribution in [3.05, 3.63) is 53.6 Å². The maximum atomic E-state index is 12.3. The summed E-state index contributed by atoms with van der Waals surface area (Å²) in [5.74, 6) is -1.58. The zero-order chi connectivity index (χ0) is 22.7. The van der Waals surface area contributed by atoms with Crippen LogP contribution in [0.15, 0.2) is 42.5 Å². The summed E-state index contributed by atoms with van der Waals surface area (Å²) in [5, 5.41) is 68.1. The standard InChI is InChI=1S/C21H22O10/c22-9-17-18(27)19(28)20(29)21(31-17)30-16-7-10(2-6-14(16)25)1-5-13(24)12-4-3-11(23)8-15(12)26/h1-8,17-23,25-29H,9H2/t17-,18-,19+,20+,21-/m0/s1. The fourth-order valence-electron chi connectivity index (χ4n) is 3.01. The summed E-state index contributed by atoms with van der Waals surface area (Å²) in [4.78, 5) is 12.3. The quantitative estimate of drug-likeness (QED) is 0.239. The average Bonchev–Trinajstić information content (AvgIpc) is 2.74. The summed E-state index contributed by atoms with van der Waals surface area (Å²) in [6.45, 7) is -0.633. The van der Waals surface area contributed by atoms with Gasteiger partial charge < -0.3 is 45.2 Å². The van der Waals surface area contributed by atoms with Gasteiger partial charge in [0.2, 0.25) is 6.29 Å². The minimum absolute atomic E-state index is 0.0226. The van der Waals surface area contributed by atoms with Crippen molar-refractivity contribution < 1.29 is 50.0 Å². The summed E-state index contributed by atoms with van der Waals surface area (Å²) in [5.41, 5.74) is 0.384. The molecule has 0 aromatic heterocycles. The molecule has 5 atom stereocenters. The number of rotatable bonds is 6. The van der Waals surface area contributed by atoms with E-state index >= 15 is 0 Å². The lowest BCUT2D eigenvalue weighted by molar-refractivity contribution is -0.277. The molecule has 1 saturated heterocycles. The van der Waals surface area contributed by atoms with Crippen LogP contribution in [0, 0.1) is 0 Å². The molecule has 166 valence electrons. The molecule has 0 radical (unpaired) electrons. The first-order valence-electron chi connectivity index (χ1n) is 9.26. The maximum absolute atomic E-state index is 12.3. The van der Waals surface area contributed by atoms with E-state index in [-0.39, 0.29) is 28.6 Å². The van der Waals surface area contributed by atoms with Gasteiger partial charge in [-0.05, 0) is 35.9 Å². The molecule has 1 heterocycles. The van der Waals surface area contributed by atoms with Crippen LogP contribution in [0.25, 0.3) is 6.08 Å². The number of phenols is 3. The van der Waals surface area contributed by atoms with Crippen LogP contribution < -0.4 is 4.74 Å². The van der Waals surface area contributed by atoms with Crippen molar-refractivity contribution in [1.82, 2.24) is 0 Å². The van der Waals surface area contributed by atoms with Gasteiger partial charge in [-0.2, -0.15) is 0 Å². The van der Waals surface area contributed by atoms with Crippen LogP contribution in [0.3, 0.4) is 0 Å². The number of aliphatic hydroxyl groups excluding tert-OH is 4. The second-order valence-corrected chi connectivity index (χ2v) is 6.94. The second kappa shape index (κ2) is 9.33. The molecular weight excluding hydrogens is 412 g/mol. The minimum Gasteiger partial charge on any atom is -0.508 e. The Morgan fingerprint density at radius 2 is 1.71 bits per heavy atom. The van der Waals surface area contributed by atoms with Crippen LogP contribution >= 0.6 is 0 Å². The number of hydrogen-bond acceptors (Lipinski definition) is 10. The molecule has 10 heteroatoms. The summed E-state index contributed by atoms with van der Waals surface area (Å²) >= 11 is 0. The SMILES string of the molecule is O=C(C=Cc1ccc(O)c(O[C@H]2O[C@@H](CO)[C@H](O)[C@@H](O)[C@H]2O)c1)c1ccc(O)cc1O. The highest BCUT2D eigenvalue weighted by atomic mass is 16.7. The van der Waals surface area contributed by atoms with Crippen molar-refractivity contribution in [2.24, 2.45) is 0 Å². The smallest absolute Gasteiger partial charge is 0.229 e. The van der Waals surface area contributed by atoms with E-state index in [2.05, 4.69) is 0 Å². The van der Waals surface area contributed by atoms with Gasteiger partial charge in [-0.3, -0.25) is 4.79 Å². The average molecular weight is 434 g/mol. The number of ketones is 1. The van der Waals surface area contributed by atoms with Crippen molar-refractivity contribution in [2.45, 2.75) is 30.7 Å². The number of aliphatic hydroxyl groups is 4. The lowest BCUT2D eigenvalue weighted by Crippen LogP contribution is -2.60. The Kier molecular flexibility index (Phi) is 6.78. The van der Waals surface area contributed by atoms with Crippen molar-refractivity contribution >= 4 is 11.9 Å². The fraction of sp³-hybridized carbons (Fsp3) is 0.286. The first-order chi connectivity index (χ1) is 14.7. The highest BCUT2D eigenvalue weighted by Crippen LogP contribution is 2.32. The number of carbonyl (C=O) groups excluding carboxylic acids is 1. The van der Waals surface area contributed by atoms with Crippen LogP contribution in [-0.4, -0.2) is 78.8 Å². The van der Waals surface area contributed by atoms with Crippen LogP contribution in [0.5, 0.6) is 23.0 Å². The fourth-order valence-corrected chi connectivity index (χ4v) is 3.01. The number of carbonyl (C=O) groups is 1. The van der Waals surface area contributed by atoms with Gasteiger partial charge in [-0.1, -0.05) is 12.1 Å². The van der Waals surface area contributed by atoms with Gasteiger partial charge in [0, 0.05) is 6.07 Å². The number of ether oxygens (including phenoxy) is 2. The van der Waals surface area contributed by atoms with E-state index in [0.29, 0.717) is 5.56 Å². The molecule has 2 aromatic carbocycles. The number of benzene rings is 2. The first kappa shape index (κ1) is 22.5. The molecule has 3 rings (SSSR count). The predicted molar refractivity (Wildman–Crippen MR) is 106 cm³/mol. The molecular formula is C21H22O10. The summed E-state index contributed by atoms with van der Waals surface area (Å²) in [6.07, 6.45) is -4.97. The largest absolute Gasteiger partial charge is 0.508 e. The van der Waals surface area contributed by atoms with Crippen LogP contribution in [0.1, 0.15) is 15.9 Å². The van der Waals surface area contributed by atoms with Gasteiger partial charge >= 0.3 is 0 Å². The molecule has 0 saturated carbocycles. The van der Waals surface area contributed by atoms with E-state index in [4.69, 9.17) is 9.47 Å². The Balaban J connectivity index is 1.77. The molecule has 1 fully saturated rings. The minimum atomic E-state index is -1.66. The second-order valence-electron chi connectivity index (χ2n) is 6.94. The summed E-state index contributed by atoms with van der Waals surface area (Å²) in [7, 11) is 0. The van der Waals surface area contributed by atoms with E-state index in [0.717, 1.165) is 12.1 Å². The first-order valence-corrected chi connectivity index (χ1v) is 9.26. The van der Waals surface area contributed by atoms with Crippen molar-refractivity contribution in [2.75, 3.05) is 6.61 Å². The van der Waals surface area contributed by atoms with Gasteiger partial charge in [-0.15, -0.1) is 0 Å². The maximum Gasteiger partial charge on any atom is 0.229 e. The normalized spacial score (nSPS) is 26.1. The van der Waals surface area contributed by atoms with E-state index < -0.39 is 43.1 Å². The van der Waals surface area contributed by atoms with Gasteiger partial charge in [0.25, 0.3) is 0 Å². The number of hydrogen-bond donors (Lipinski definition) is 7. The summed E-state index contributed by atoms with van der Waals surface area (Å²) in [6, 6.07) is 7.62. The Hall–Kier alpha value is -3.15. The highest BCUT2D eigenvalue weighted by Gasteiger charge is 2.44. The van der Waals surface area contributed by atoms with Crippen LogP contribution in [0.2, 0.25) is 0 Å². The Morgan fingerprint density at radius 1 is 0.968 bits per heavy atom. The third-order valence-electron chi connectivity index (χ3n) is 4.75. The van der Waals surface area contributed by atoms with Crippen LogP contribution in [0.4, 0.5) is 0 Å². The molecule has 0 bridgehead atoms. The van der Waals surface area contributed by atoms with Gasteiger partial charge in [0.1, 0.15) is 35.9 Å². The number of allylic oxidation sites excluding steroid dienone is 1. The summed E-state index contributed by atoms with van der Waals surface area (Å²) < 4.78 is 10.7. The molecule has 0 aliphatic carbocycles. The number of aromatic hydroxyl groups is 3. The van der Waals surface area contributed by atoms with Gasteiger partial charge in [0.05, 0.1) is 12.2 Å². The Morgan fingerprint density at radius 3 is 2.39 bits per heavy atom. The molecule has 0 amide bonds. The molecule has 1 aliphatic rings. The van der Waals surface area contributed by atoms with Crippen LogP contribution in [-0.2, 0) is 4.74 Å². The lowest BCUT2D eigenvalue weighted by atomic mass is 9.99. The highest BCUT2D eigenvalue weighted by molar-refractivity contribution is 6.08. The molecule has 2 aromatic rings.